The van der Waals surface area contributed by atoms with E-state index in [2.05, 4.69) is 17.9 Å². The van der Waals surface area contributed by atoms with Gasteiger partial charge in [0.05, 0.1) is 12.0 Å². The first-order valence-corrected chi connectivity index (χ1v) is 8.49. The van der Waals surface area contributed by atoms with Crippen LogP contribution in [0.1, 0.15) is 25.8 Å². The molecular formula is C19H23NO3S. The van der Waals surface area contributed by atoms with Crippen LogP contribution in [0.25, 0.3) is 0 Å². The standard InChI is InChI=1S/C19H23NO3S/c1-3-17(21)13-22-12-15-7-9-18(10-8-15)23-19-6-4-5-16(11-19)20-14(2)24/h4-11,14,20,24H,3,12-13H2,1-2H3. The summed E-state index contributed by atoms with van der Waals surface area (Å²) in [7, 11) is 0. The van der Waals surface area contributed by atoms with Crippen molar-refractivity contribution in [3.8, 4) is 11.5 Å². The average Bonchev–Trinajstić information content (AvgIpc) is 2.56. The summed E-state index contributed by atoms with van der Waals surface area (Å²) in [5.74, 6) is 1.62. The van der Waals surface area contributed by atoms with Gasteiger partial charge in [0.2, 0.25) is 0 Å². The number of Topliss-reactive ketones (excluding diaryl/α,β-unsaturated/α-hetero) is 1. The molecule has 0 aliphatic rings. The molecule has 24 heavy (non-hydrogen) atoms. The van der Waals surface area contributed by atoms with E-state index in [1.807, 2.05) is 62.4 Å². The van der Waals surface area contributed by atoms with Crippen molar-refractivity contribution in [2.45, 2.75) is 32.2 Å². The Morgan fingerprint density at radius 2 is 1.92 bits per heavy atom. The van der Waals surface area contributed by atoms with E-state index in [-0.39, 0.29) is 17.8 Å². The third kappa shape index (κ3) is 6.26. The minimum Gasteiger partial charge on any atom is -0.457 e. The second-order valence-electron chi connectivity index (χ2n) is 5.48. The molecule has 1 unspecified atom stereocenters. The summed E-state index contributed by atoms with van der Waals surface area (Å²) in [5, 5.41) is 3.29. The van der Waals surface area contributed by atoms with Crippen LogP contribution >= 0.6 is 12.6 Å². The Labute approximate surface area is 148 Å². The summed E-state index contributed by atoms with van der Waals surface area (Å²) in [6.07, 6.45) is 0.507. The van der Waals surface area contributed by atoms with E-state index in [4.69, 9.17) is 9.47 Å². The number of ether oxygens (including phenoxy) is 2. The molecule has 0 aliphatic heterocycles. The van der Waals surface area contributed by atoms with Gasteiger partial charge in [0.15, 0.2) is 5.78 Å². The summed E-state index contributed by atoms with van der Waals surface area (Å²) < 4.78 is 11.2. The SMILES string of the molecule is CCC(=O)COCc1ccc(Oc2cccc(NC(C)S)c2)cc1. The highest BCUT2D eigenvalue weighted by Crippen LogP contribution is 2.25. The molecule has 0 fully saturated rings. The van der Waals surface area contributed by atoms with Crippen molar-refractivity contribution < 1.29 is 14.3 Å². The van der Waals surface area contributed by atoms with Crippen molar-refractivity contribution in [2.75, 3.05) is 11.9 Å². The highest BCUT2D eigenvalue weighted by atomic mass is 32.1. The van der Waals surface area contributed by atoms with Gasteiger partial charge in [-0.05, 0) is 36.8 Å². The molecule has 4 nitrogen and oxygen atoms in total. The van der Waals surface area contributed by atoms with Gasteiger partial charge in [-0.2, -0.15) is 12.6 Å². The second-order valence-corrected chi connectivity index (χ2v) is 6.25. The summed E-state index contributed by atoms with van der Waals surface area (Å²) >= 11 is 4.32. The van der Waals surface area contributed by atoms with E-state index in [0.29, 0.717) is 13.0 Å². The van der Waals surface area contributed by atoms with Crippen LogP contribution < -0.4 is 10.1 Å². The molecule has 5 heteroatoms. The number of thiol groups is 1. The van der Waals surface area contributed by atoms with Crippen molar-refractivity contribution in [3.05, 3.63) is 54.1 Å². The number of hydrogen-bond acceptors (Lipinski definition) is 5. The molecule has 0 radical (unpaired) electrons. The summed E-state index contributed by atoms with van der Waals surface area (Å²) in [4.78, 5) is 11.2. The molecule has 0 spiro atoms. The highest BCUT2D eigenvalue weighted by Gasteiger charge is 2.02. The van der Waals surface area contributed by atoms with Gasteiger partial charge in [-0.15, -0.1) is 0 Å². The normalized spacial score (nSPS) is 11.8. The Bertz CT molecular complexity index is 656. The Kier molecular flexibility index (Phi) is 7.15. The number of rotatable bonds is 9. The fraction of sp³-hybridized carbons (Fsp3) is 0.316. The molecule has 0 aliphatic carbocycles. The zero-order valence-electron chi connectivity index (χ0n) is 14.0. The fourth-order valence-corrected chi connectivity index (χ4v) is 2.21. The molecule has 1 N–H and O–H groups in total. The largest absolute Gasteiger partial charge is 0.457 e. The van der Waals surface area contributed by atoms with Crippen LogP contribution in [-0.4, -0.2) is 17.8 Å². The van der Waals surface area contributed by atoms with Crippen molar-refractivity contribution in [3.63, 3.8) is 0 Å². The lowest BCUT2D eigenvalue weighted by Gasteiger charge is -2.11. The maximum Gasteiger partial charge on any atom is 0.158 e. The topological polar surface area (TPSA) is 47.6 Å². The first-order valence-electron chi connectivity index (χ1n) is 7.97. The van der Waals surface area contributed by atoms with Gasteiger partial charge < -0.3 is 14.8 Å². The van der Waals surface area contributed by atoms with Crippen LogP contribution in [-0.2, 0) is 16.1 Å². The van der Waals surface area contributed by atoms with Gasteiger partial charge >= 0.3 is 0 Å². The summed E-state index contributed by atoms with van der Waals surface area (Å²) in [6.45, 7) is 4.38. The quantitative estimate of drug-likeness (QED) is 0.512. The second kappa shape index (κ2) is 9.35. The van der Waals surface area contributed by atoms with Crippen molar-refractivity contribution in [1.29, 1.82) is 0 Å². The van der Waals surface area contributed by atoms with E-state index in [9.17, 15) is 4.79 Å². The minimum atomic E-state index is 0.0686. The molecule has 128 valence electrons. The van der Waals surface area contributed by atoms with Crippen molar-refractivity contribution in [1.82, 2.24) is 0 Å². The lowest BCUT2D eigenvalue weighted by atomic mass is 10.2. The van der Waals surface area contributed by atoms with Gasteiger partial charge in [-0.3, -0.25) is 4.79 Å². The van der Waals surface area contributed by atoms with Crippen LogP contribution in [0, 0.1) is 0 Å². The van der Waals surface area contributed by atoms with Gasteiger partial charge in [-0.25, -0.2) is 0 Å². The van der Waals surface area contributed by atoms with Crippen LogP contribution in [0.4, 0.5) is 5.69 Å². The number of ketones is 1. The van der Waals surface area contributed by atoms with Crippen molar-refractivity contribution in [2.24, 2.45) is 0 Å². The van der Waals surface area contributed by atoms with Crippen LogP contribution in [0.5, 0.6) is 11.5 Å². The smallest absolute Gasteiger partial charge is 0.158 e. The first-order chi connectivity index (χ1) is 11.6. The molecule has 0 heterocycles. The predicted octanol–water partition coefficient (Wildman–Crippen LogP) is 4.66. The molecule has 1 atom stereocenters. The number of hydrogen-bond donors (Lipinski definition) is 2. The lowest BCUT2D eigenvalue weighted by Crippen LogP contribution is -2.06. The Hall–Kier alpha value is -1.98. The molecule has 0 bridgehead atoms. The molecule has 0 aromatic heterocycles. The maximum atomic E-state index is 11.2. The highest BCUT2D eigenvalue weighted by molar-refractivity contribution is 7.81. The van der Waals surface area contributed by atoms with E-state index >= 15 is 0 Å². The molecule has 2 aromatic carbocycles. The molecule has 0 saturated carbocycles. The molecular weight excluding hydrogens is 322 g/mol. The molecule has 2 aromatic rings. The van der Waals surface area contributed by atoms with E-state index in [1.54, 1.807) is 0 Å². The number of anilines is 1. The third-order valence-corrected chi connectivity index (χ3v) is 3.42. The Morgan fingerprint density at radius 3 is 2.58 bits per heavy atom. The molecule has 0 amide bonds. The Balaban J connectivity index is 1.90. The van der Waals surface area contributed by atoms with Gasteiger partial charge in [0, 0.05) is 18.2 Å². The third-order valence-electron chi connectivity index (χ3n) is 3.29. The van der Waals surface area contributed by atoms with E-state index < -0.39 is 0 Å². The maximum absolute atomic E-state index is 11.2. The molecule has 0 saturated heterocycles. The number of benzene rings is 2. The number of nitrogens with one attached hydrogen (secondary N) is 1. The van der Waals surface area contributed by atoms with E-state index in [1.165, 1.54) is 0 Å². The monoisotopic (exact) mass is 345 g/mol. The number of carbonyl (C=O) groups is 1. The van der Waals surface area contributed by atoms with Gasteiger partial charge in [0.25, 0.3) is 0 Å². The van der Waals surface area contributed by atoms with Crippen LogP contribution in [0.2, 0.25) is 0 Å². The van der Waals surface area contributed by atoms with Gasteiger partial charge in [0.1, 0.15) is 18.1 Å². The summed E-state index contributed by atoms with van der Waals surface area (Å²) in [5.41, 5.74) is 1.96. The first kappa shape index (κ1) is 18.4. The average molecular weight is 345 g/mol. The predicted molar refractivity (Wildman–Crippen MR) is 100.0 cm³/mol. The minimum absolute atomic E-state index is 0.0686. The fourth-order valence-electron chi connectivity index (χ4n) is 2.07. The zero-order chi connectivity index (χ0) is 17.4. The van der Waals surface area contributed by atoms with Crippen LogP contribution in [0.15, 0.2) is 48.5 Å². The zero-order valence-corrected chi connectivity index (χ0v) is 14.9. The molecule has 2 rings (SSSR count). The van der Waals surface area contributed by atoms with Gasteiger partial charge in [-0.1, -0.05) is 25.1 Å². The lowest BCUT2D eigenvalue weighted by molar-refractivity contribution is -0.123. The number of carbonyl (C=O) groups excluding carboxylic acids is 1. The van der Waals surface area contributed by atoms with E-state index in [0.717, 1.165) is 22.7 Å². The van der Waals surface area contributed by atoms with Crippen molar-refractivity contribution >= 4 is 24.1 Å². The summed E-state index contributed by atoms with van der Waals surface area (Å²) in [6, 6.07) is 15.4. The Morgan fingerprint density at radius 1 is 1.17 bits per heavy atom. The van der Waals surface area contributed by atoms with Crippen LogP contribution in [0.3, 0.4) is 0 Å².